The minimum absolute atomic E-state index is 0.225. The maximum absolute atomic E-state index is 11.0. The van der Waals surface area contributed by atoms with Crippen LogP contribution in [0.3, 0.4) is 0 Å². The van der Waals surface area contributed by atoms with E-state index in [0.717, 1.165) is 13.1 Å². The van der Waals surface area contributed by atoms with Gasteiger partial charge in [0.2, 0.25) is 0 Å². The van der Waals surface area contributed by atoms with Gasteiger partial charge in [-0.2, -0.15) is 0 Å². The standard InChI is InChI=1S/C14H15NO/c16-14-8-11-15(12-9-14)10-4-7-13-5-2-1-3-6-13/h1-8,11H,9-10,12H2/b7-4+. The van der Waals surface area contributed by atoms with Crippen molar-refractivity contribution in [1.82, 2.24) is 4.90 Å². The molecule has 1 aliphatic rings. The van der Waals surface area contributed by atoms with E-state index >= 15 is 0 Å². The molecule has 0 unspecified atom stereocenters. The zero-order valence-corrected chi connectivity index (χ0v) is 9.17. The molecule has 0 spiro atoms. The van der Waals surface area contributed by atoms with Gasteiger partial charge in [0.25, 0.3) is 0 Å². The van der Waals surface area contributed by atoms with Gasteiger partial charge in [-0.1, -0.05) is 42.5 Å². The van der Waals surface area contributed by atoms with Gasteiger partial charge in [0, 0.05) is 25.7 Å². The van der Waals surface area contributed by atoms with E-state index in [1.807, 2.05) is 24.4 Å². The molecule has 2 heteroatoms. The molecular formula is C14H15NO. The van der Waals surface area contributed by atoms with Gasteiger partial charge in [-0.25, -0.2) is 0 Å². The van der Waals surface area contributed by atoms with Crippen LogP contribution in [-0.4, -0.2) is 23.8 Å². The fraction of sp³-hybridized carbons (Fsp3) is 0.214. The molecular weight excluding hydrogens is 198 g/mol. The van der Waals surface area contributed by atoms with E-state index in [9.17, 15) is 4.79 Å². The zero-order chi connectivity index (χ0) is 11.2. The van der Waals surface area contributed by atoms with E-state index in [-0.39, 0.29) is 5.78 Å². The third-order valence-electron chi connectivity index (χ3n) is 2.57. The Kier molecular flexibility index (Phi) is 3.54. The second-order valence-corrected chi connectivity index (χ2v) is 3.84. The van der Waals surface area contributed by atoms with Gasteiger partial charge in [0.05, 0.1) is 0 Å². The maximum atomic E-state index is 11.0. The highest BCUT2D eigenvalue weighted by molar-refractivity contribution is 5.90. The van der Waals surface area contributed by atoms with E-state index in [4.69, 9.17) is 0 Å². The molecule has 0 fully saturated rings. The molecule has 2 rings (SSSR count). The van der Waals surface area contributed by atoms with Gasteiger partial charge in [-0.15, -0.1) is 0 Å². The maximum Gasteiger partial charge on any atom is 0.158 e. The normalized spacial score (nSPS) is 16.0. The quantitative estimate of drug-likeness (QED) is 0.768. The minimum atomic E-state index is 0.225. The van der Waals surface area contributed by atoms with Crippen LogP contribution < -0.4 is 0 Å². The lowest BCUT2D eigenvalue weighted by Gasteiger charge is -2.20. The van der Waals surface area contributed by atoms with Gasteiger partial charge < -0.3 is 4.90 Å². The molecule has 82 valence electrons. The Morgan fingerprint density at radius 2 is 2.06 bits per heavy atom. The molecule has 0 saturated carbocycles. The molecule has 2 nitrogen and oxygen atoms in total. The van der Waals surface area contributed by atoms with Crippen molar-refractivity contribution in [3.63, 3.8) is 0 Å². The first-order chi connectivity index (χ1) is 7.84. The molecule has 16 heavy (non-hydrogen) atoms. The lowest BCUT2D eigenvalue weighted by atomic mass is 10.2. The molecule has 0 atom stereocenters. The number of rotatable bonds is 3. The third kappa shape index (κ3) is 3.09. The van der Waals surface area contributed by atoms with Gasteiger partial charge >= 0.3 is 0 Å². The van der Waals surface area contributed by atoms with Crippen molar-refractivity contribution in [2.24, 2.45) is 0 Å². The van der Waals surface area contributed by atoms with Crippen LogP contribution in [0.25, 0.3) is 6.08 Å². The Labute approximate surface area is 95.9 Å². The van der Waals surface area contributed by atoms with E-state index in [2.05, 4.69) is 29.2 Å². The summed E-state index contributed by atoms with van der Waals surface area (Å²) in [7, 11) is 0. The van der Waals surface area contributed by atoms with Crippen molar-refractivity contribution in [3.05, 3.63) is 54.2 Å². The third-order valence-corrected chi connectivity index (χ3v) is 2.57. The predicted molar refractivity (Wildman–Crippen MR) is 65.8 cm³/mol. The van der Waals surface area contributed by atoms with Crippen LogP contribution in [0, 0.1) is 0 Å². The number of ketones is 1. The highest BCUT2D eigenvalue weighted by atomic mass is 16.1. The minimum Gasteiger partial charge on any atom is -0.373 e. The highest BCUT2D eigenvalue weighted by Crippen LogP contribution is 2.04. The van der Waals surface area contributed by atoms with E-state index in [1.54, 1.807) is 6.08 Å². The number of allylic oxidation sites excluding steroid dienone is 1. The van der Waals surface area contributed by atoms with Gasteiger partial charge in [-0.3, -0.25) is 4.79 Å². The topological polar surface area (TPSA) is 20.3 Å². The van der Waals surface area contributed by atoms with Crippen LogP contribution in [-0.2, 0) is 4.79 Å². The van der Waals surface area contributed by atoms with Crippen LogP contribution in [0.1, 0.15) is 12.0 Å². The number of benzene rings is 1. The first-order valence-corrected chi connectivity index (χ1v) is 5.51. The van der Waals surface area contributed by atoms with Crippen molar-refractivity contribution in [2.45, 2.75) is 6.42 Å². The fourth-order valence-electron chi connectivity index (χ4n) is 1.64. The van der Waals surface area contributed by atoms with Gasteiger partial charge in [0.15, 0.2) is 5.78 Å². The van der Waals surface area contributed by atoms with Gasteiger partial charge in [0.1, 0.15) is 0 Å². The average Bonchev–Trinajstić information content (AvgIpc) is 2.33. The van der Waals surface area contributed by atoms with Crippen molar-refractivity contribution >= 4 is 11.9 Å². The summed E-state index contributed by atoms with van der Waals surface area (Å²) in [5, 5.41) is 0. The molecule has 1 heterocycles. The molecule has 1 aromatic carbocycles. The number of carbonyl (C=O) groups excluding carboxylic acids is 1. The molecule has 0 amide bonds. The summed E-state index contributed by atoms with van der Waals surface area (Å²) in [6.45, 7) is 1.69. The Morgan fingerprint density at radius 3 is 2.75 bits per heavy atom. The molecule has 0 aromatic heterocycles. The summed E-state index contributed by atoms with van der Waals surface area (Å²) in [6, 6.07) is 10.2. The van der Waals surface area contributed by atoms with E-state index in [1.165, 1.54) is 5.56 Å². The second-order valence-electron chi connectivity index (χ2n) is 3.84. The summed E-state index contributed by atoms with van der Waals surface area (Å²) >= 11 is 0. The number of nitrogens with zero attached hydrogens (tertiary/aromatic N) is 1. The summed E-state index contributed by atoms with van der Waals surface area (Å²) in [4.78, 5) is 13.1. The molecule has 0 bridgehead atoms. The smallest absolute Gasteiger partial charge is 0.158 e. The molecule has 1 aliphatic heterocycles. The SMILES string of the molecule is O=C1C=CN(C/C=C/c2ccccc2)CC1. The number of carbonyl (C=O) groups is 1. The van der Waals surface area contributed by atoms with Crippen LogP contribution in [0.5, 0.6) is 0 Å². The molecule has 0 aliphatic carbocycles. The average molecular weight is 213 g/mol. The van der Waals surface area contributed by atoms with Crippen molar-refractivity contribution in [1.29, 1.82) is 0 Å². The lowest BCUT2D eigenvalue weighted by molar-refractivity contribution is -0.115. The summed E-state index contributed by atoms with van der Waals surface area (Å²) in [5.74, 6) is 0.225. The lowest BCUT2D eigenvalue weighted by Crippen LogP contribution is -2.24. The van der Waals surface area contributed by atoms with Crippen LogP contribution in [0.15, 0.2) is 48.7 Å². The second kappa shape index (κ2) is 5.31. The Morgan fingerprint density at radius 1 is 1.25 bits per heavy atom. The molecule has 1 aromatic rings. The zero-order valence-electron chi connectivity index (χ0n) is 9.17. The first-order valence-electron chi connectivity index (χ1n) is 5.51. The monoisotopic (exact) mass is 213 g/mol. The first kappa shape index (κ1) is 10.7. The summed E-state index contributed by atoms with van der Waals surface area (Å²) in [6.07, 6.45) is 8.39. The van der Waals surface area contributed by atoms with Crippen LogP contribution >= 0.6 is 0 Å². The Bertz CT molecular complexity index is 406. The van der Waals surface area contributed by atoms with Crippen molar-refractivity contribution in [2.75, 3.05) is 13.1 Å². The van der Waals surface area contributed by atoms with Crippen LogP contribution in [0.2, 0.25) is 0 Å². The highest BCUT2D eigenvalue weighted by Gasteiger charge is 2.06. The van der Waals surface area contributed by atoms with E-state index < -0.39 is 0 Å². The predicted octanol–water partition coefficient (Wildman–Crippen LogP) is 2.49. The molecule has 0 saturated heterocycles. The van der Waals surface area contributed by atoms with Gasteiger partial charge in [-0.05, 0) is 11.6 Å². The van der Waals surface area contributed by atoms with E-state index in [0.29, 0.717) is 6.42 Å². The van der Waals surface area contributed by atoms with Crippen LogP contribution in [0.4, 0.5) is 0 Å². The fourth-order valence-corrected chi connectivity index (χ4v) is 1.64. The van der Waals surface area contributed by atoms with Crippen molar-refractivity contribution in [3.8, 4) is 0 Å². The molecule has 0 N–H and O–H groups in total. The Balaban J connectivity index is 1.86. The largest absolute Gasteiger partial charge is 0.373 e. The number of hydrogen-bond donors (Lipinski definition) is 0. The number of hydrogen-bond acceptors (Lipinski definition) is 2. The summed E-state index contributed by atoms with van der Waals surface area (Å²) in [5.41, 5.74) is 1.21. The molecule has 0 radical (unpaired) electrons. The van der Waals surface area contributed by atoms with Crippen molar-refractivity contribution < 1.29 is 4.79 Å². The Hall–Kier alpha value is -1.83. The summed E-state index contributed by atoms with van der Waals surface area (Å²) < 4.78 is 0.